The van der Waals surface area contributed by atoms with Gasteiger partial charge in [-0.3, -0.25) is 38.4 Å². The Morgan fingerprint density at radius 1 is 0.593 bits per heavy atom. The van der Waals surface area contributed by atoms with Crippen LogP contribution in [-0.4, -0.2) is 125 Å². The van der Waals surface area contributed by atoms with Crippen LogP contribution in [0.25, 0.3) is 0 Å². The first-order valence-corrected chi connectivity index (χ1v) is 20.3. The second-order valence-electron chi connectivity index (χ2n) is 13.4. The van der Waals surface area contributed by atoms with E-state index in [-0.39, 0.29) is 50.9 Å². The van der Waals surface area contributed by atoms with Crippen molar-refractivity contribution in [3.63, 3.8) is 0 Å². The van der Waals surface area contributed by atoms with Crippen molar-refractivity contribution < 1.29 is 48.3 Å². The summed E-state index contributed by atoms with van der Waals surface area (Å²) in [5.41, 5.74) is 16.1. The molecule has 0 spiro atoms. The van der Waals surface area contributed by atoms with Crippen LogP contribution in [0.5, 0.6) is 0 Å². The third-order valence-electron chi connectivity index (χ3n) is 7.85. The predicted octanol–water partition coefficient (Wildman–Crippen LogP) is -2.32. The summed E-state index contributed by atoms with van der Waals surface area (Å²) in [6, 6.07) is -7.21. The standard InChI is InChI=1S/C33H59N9O10S2/c1-17(2)15-23(38-26(45)16-37-28(46)19(34)7-9-24(35)43)31(49)40-21(11-13-53-5)29(47)39-20(8-10-25(36)44)30(48)42-27(18(3)4)32(50)41-22(33(51)52)12-14-54-6/h17-23,27H,7-16,34H2,1-6H3,(H2,35,43)(H2,36,44)(H,37,46)(H,38,45)(H,39,47)(H,40,49)(H,41,50)(H,42,48)(H,51,52)/t19-,20-,21-,22-,23-,27-/m0/s1. The fraction of sp³-hybridized carbons (Fsp3) is 0.727. The molecule has 0 saturated carbocycles. The van der Waals surface area contributed by atoms with Crippen molar-refractivity contribution in [3.05, 3.63) is 0 Å². The zero-order valence-electron chi connectivity index (χ0n) is 31.9. The number of carboxylic acid groups (broad SMARTS) is 1. The average Bonchev–Trinajstić information content (AvgIpc) is 3.08. The van der Waals surface area contributed by atoms with E-state index in [1.54, 1.807) is 26.4 Å². The van der Waals surface area contributed by atoms with Crippen molar-refractivity contribution in [2.24, 2.45) is 29.0 Å². The largest absolute Gasteiger partial charge is 0.480 e. The van der Waals surface area contributed by atoms with Gasteiger partial charge in [0.2, 0.25) is 47.3 Å². The summed E-state index contributed by atoms with van der Waals surface area (Å²) in [4.78, 5) is 113. The molecule has 0 aliphatic heterocycles. The SMILES string of the molecule is CSCC[C@H](NC(=O)[C@@H](NC(=O)[C@H](CCC(N)=O)NC(=O)[C@H](CCSC)NC(=O)[C@H](CC(C)C)NC(=O)CNC(=O)[C@@H](N)CCC(N)=O)C(C)C)C(=O)O. The van der Waals surface area contributed by atoms with Crippen LogP contribution in [0.1, 0.15) is 72.6 Å². The quantitative estimate of drug-likeness (QED) is 0.0398. The second-order valence-corrected chi connectivity index (χ2v) is 15.4. The first kappa shape index (κ1) is 49.9. The van der Waals surface area contributed by atoms with Crippen LogP contribution in [0.2, 0.25) is 0 Å². The van der Waals surface area contributed by atoms with Gasteiger partial charge in [-0.1, -0.05) is 27.7 Å². The highest BCUT2D eigenvalue weighted by Crippen LogP contribution is 2.10. The van der Waals surface area contributed by atoms with E-state index < -0.39 is 102 Å². The van der Waals surface area contributed by atoms with E-state index in [4.69, 9.17) is 17.2 Å². The summed E-state index contributed by atoms with van der Waals surface area (Å²) in [6.45, 7) is 6.36. The topological polar surface area (TPSA) is 324 Å². The Bertz CT molecular complexity index is 1300. The molecular weight excluding hydrogens is 747 g/mol. The summed E-state index contributed by atoms with van der Waals surface area (Å²) < 4.78 is 0. The molecule has 308 valence electrons. The molecule has 0 aliphatic rings. The highest BCUT2D eigenvalue weighted by Gasteiger charge is 2.34. The van der Waals surface area contributed by atoms with Gasteiger partial charge in [-0.2, -0.15) is 23.5 Å². The van der Waals surface area contributed by atoms with E-state index in [9.17, 15) is 48.3 Å². The van der Waals surface area contributed by atoms with Gasteiger partial charge in [0, 0.05) is 12.8 Å². The van der Waals surface area contributed by atoms with Crippen LogP contribution >= 0.6 is 23.5 Å². The molecule has 0 rings (SSSR count). The van der Waals surface area contributed by atoms with Gasteiger partial charge < -0.3 is 54.2 Å². The molecule has 0 aliphatic carbocycles. The summed E-state index contributed by atoms with van der Waals surface area (Å²) in [5.74, 6) is -6.90. The number of carbonyl (C=O) groups is 9. The number of nitrogens with two attached hydrogens (primary N) is 3. The fourth-order valence-electron chi connectivity index (χ4n) is 4.82. The van der Waals surface area contributed by atoms with E-state index in [0.717, 1.165) is 0 Å². The number of hydrogen-bond acceptors (Lipinski definition) is 12. The molecule has 0 aromatic carbocycles. The number of nitrogens with one attached hydrogen (secondary N) is 6. The van der Waals surface area contributed by atoms with Crippen LogP contribution in [0.15, 0.2) is 0 Å². The van der Waals surface area contributed by atoms with E-state index >= 15 is 0 Å². The first-order valence-electron chi connectivity index (χ1n) is 17.5. The zero-order chi connectivity index (χ0) is 41.5. The van der Waals surface area contributed by atoms with E-state index in [0.29, 0.717) is 11.5 Å². The lowest BCUT2D eigenvalue weighted by atomic mass is 10.0. The van der Waals surface area contributed by atoms with Crippen molar-refractivity contribution >= 4 is 76.8 Å². The highest BCUT2D eigenvalue weighted by atomic mass is 32.2. The van der Waals surface area contributed by atoms with Gasteiger partial charge in [0.05, 0.1) is 12.6 Å². The lowest BCUT2D eigenvalue weighted by molar-refractivity contribution is -0.142. The minimum Gasteiger partial charge on any atom is -0.480 e. The molecule has 21 heteroatoms. The van der Waals surface area contributed by atoms with Crippen LogP contribution in [-0.2, 0) is 43.2 Å². The summed E-state index contributed by atoms with van der Waals surface area (Å²) >= 11 is 2.78. The molecule has 19 nitrogen and oxygen atoms in total. The number of thioether (sulfide) groups is 2. The lowest BCUT2D eigenvalue weighted by Crippen LogP contribution is -2.60. The number of rotatable bonds is 28. The molecule has 8 amide bonds. The number of aliphatic carboxylic acids is 1. The van der Waals surface area contributed by atoms with Crippen molar-refractivity contribution in [2.75, 3.05) is 30.6 Å². The molecule has 0 unspecified atom stereocenters. The number of carbonyl (C=O) groups excluding carboxylic acids is 8. The third kappa shape index (κ3) is 21.0. The van der Waals surface area contributed by atoms with Crippen molar-refractivity contribution in [1.29, 1.82) is 0 Å². The van der Waals surface area contributed by atoms with Crippen LogP contribution in [0, 0.1) is 11.8 Å². The number of carboxylic acids is 1. The summed E-state index contributed by atoms with van der Waals surface area (Å²) in [6.07, 6.45) is 3.26. The van der Waals surface area contributed by atoms with Crippen molar-refractivity contribution in [1.82, 2.24) is 31.9 Å². The predicted molar refractivity (Wildman–Crippen MR) is 205 cm³/mol. The Balaban J connectivity index is 6.01. The molecule has 0 aromatic rings. The van der Waals surface area contributed by atoms with E-state index in [1.165, 1.54) is 23.5 Å². The highest BCUT2D eigenvalue weighted by molar-refractivity contribution is 7.98. The smallest absolute Gasteiger partial charge is 0.326 e. The van der Waals surface area contributed by atoms with Gasteiger partial charge in [0.1, 0.15) is 30.2 Å². The maximum Gasteiger partial charge on any atom is 0.326 e. The van der Waals surface area contributed by atoms with Gasteiger partial charge >= 0.3 is 5.97 Å². The monoisotopic (exact) mass is 805 g/mol. The van der Waals surface area contributed by atoms with Crippen LogP contribution in [0.3, 0.4) is 0 Å². The second kappa shape index (κ2) is 26.6. The van der Waals surface area contributed by atoms with Gasteiger partial charge in [0.25, 0.3) is 0 Å². The Morgan fingerprint density at radius 3 is 1.54 bits per heavy atom. The molecular formula is C33H59N9O10S2. The van der Waals surface area contributed by atoms with Crippen LogP contribution < -0.4 is 49.1 Å². The lowest BCUT2D eigenvalue weighted by Gasteiger charge is -2.28. The molecule has 0 bridgehead atoms. The van der Waals surface area contributed by atoms with Crippen LogP contribution in [0.4, 0.5) is 0 Å². The maximum atomic E-state index is 13.7. The molecule has 0 aromatic heterocycles. The van der Waals surface area contributed by atoms with Gasteiger partial charge in [0.15, 0.2) is 0 Å². The summed E-state index contributed by atoms with van der Waals surface area (Å²) in [5, 5.41) is 24.6. The number of primary amides is 2. The molecule has 54 heavy (non-hydrogen) atoms. The third-order valence-corrected chi connectivity index (χ3v) is 9.14. The fourth-order valence-corrected chi connectivity index (χ4v) is 5.77. The Hall–Kier alpha value is -4.11. The van der Waals surface area contributed by atoms with Crippen molar-refractivity contribution in [3.8, 4) is 0 Å². The average molecular weight is 806 g/mol. The van der Waals surface area contributed by atoms with Gasteiger partial charge in [-0.25, -0.2) is 4.79 Å². The van der Waals surface area contributed by atoms with Gasteiger partial charge in [-0.15, -0.1) is 0 Å². The Labute approximate surface area is 324 Å². The molecule has 0 radical (unpaired) electrons. The van der Waals surface area contributed by atoms with Gasteiger partial charge in [-0.05, 0) is 68.0 Å². The Kier molecular flexibility index (Phi) is 24.6. The number of hydrogen-bond donors (Lipinski definition) is 10. The number of amides is 8. The molecule has 13 N–H and O–H groups in total. The van der Waals surface area contributed by atoms with E-state index in [2.05, 4.69) is 31.9 Å². The Morgan fingerprint density at radius 2 is 1.06 bits per heavy atom. The minimum absolute atomic E-state index is 0.0228. The maximum absolute atomic E-state index is 13.7. The normalized spacial score (nSPS) is 14.4. The zero-order valence-corrected chi connectivity index (χ0v) is 33.5. The summed E-state index contributed by atoms with van der Waals surface area (Å²) in [7, 11) is 0. The molecule has 6 atom stereocenters. The minimum atomic E-state index is -1.39. The first-order chi connectivity index (χ1) is 25.2. The van der Waals surface area contributed by atoms with E-state index in [1.807, 2.05) is 13.8 Å². The molecule has 0 saturated heterocycles. The van der Waals surface area contributed by atoms with Crippen molar-refractivity contribution in [2.45, 2.75) is 109 Å². The molecule has 0 heterocycles. The molecule has 0 fully saturated rings.